The van der Waals surface area contributed by atoms with E-state index < -0.39 is 0 Å². The number of aromatic amines is 1. The van der Waals surface area contributed by atoms with Crippen LogP contribution in [0.2, 0.25) is 0 Å². The fraction of sp³-hybridized carbons (Fsp3) is 0.214. The third-order valence-electron chi connectivity index (χ3n) is 3.26. The van der Waals surface area contributed by atoms with Gasteiger partial charge in [-0.3, -0.25) is 0 Å². The molecule has 0 spiro atoms. The third kappa shape index (κ3) is 1.58. The largest absolute Gasteiger partial charge is 0.486 e. The van der Waals surface area contributed by atoms with Crippen molar-refractivity contribution in [3.05, 3.63) is 30.2 Å². The second-order valence-corrected chi connectivity index (χ2v) is 4.49. The highest BCUT2D eigenvalue weighted by Crippen LogP contribution is 2.35. The first-order valence-corrected chi connectivity index (χ1v) is 6.15. The molecule has 3 heterocycles. The van der Waals surface area contributed by atoms with Gasteiger partial charge in [0.2, 0.25) is 0 Å². The van der Waals surface area contributed by atoms with Crippen molar-refractivity contribution in [3.8, 4) is 22.9 Å². The Kier molecular flexibility index (Phi) is 2.09. The van der Waals surface area contributed by atoms with E-state index >= 15 is 0 Å². The van der Waals surface area contributed by atoms with E-state index in [2.05, 4.69) is 9.97 Å². The van der Waals surface area contributed by atoms with Crippen LogP contribution in [0.15, 0.2) is 28.9 Å². The van der Waals surface area contributed by atoms with E-state index in [4.69, 9.17) is 13.9 Å². The fourth-order valence-electron chi connectivity index (χ4n) is 2.30. The number of nitrogens with zero attached hydrogens (tertiary/aromatic N) is 1. The number of ether oxygens (including phenoxy) is 2. The first-order valence-electron chi connectivity index (χ1n) is 6.15. The van der Waals surface area contributed by atoms with Gasteiger partial charge in [-0.05, 0) is 13.0 Å². The van der Waals surface area contributed by atoms with Crippen LogP contribution in [-0.4, -0.2) is 23.2 Å². The van der Waals surface area contributed by atoms with Crippen LogP contribution in [0.5, 0.6) is 11.5 Å². The summed E-state index contributed by atoms with van der Waals surface area (Å²) in [5.41, 5.74) is 2.76. The van der Waals surface area contributed by atoms with Gasteiger partial charge in [0, 0.05) is 12.1 Å². The summed E-state index contributed by atoms with van der Waals surface area (Å²) in [6.45, 7) is 3.08. The molecule has 0 fully saturated rings. The summed E-state index contributed by atoms with van der Waals surface area (Å²) < 4.78 is 16.4. The Morgan fingerprint density at radius 3 is 2.68 bits per heavy atom. The van der Waals surface area contributed by atoms with Crippen molar-refractivity contribution in [3.63, 3.8) is 0 Å². The molecule has 5 nitrogen and oxygen atoms in total. The summed E-state index contributed by atoms with van der Waals surface area (Å²) in [7, 11) is 0. The Balaban J connectivity index is 1.90. The van der Waals surface area contributed by atoms with Gasteiger partial charge in [0.15, 0.2) is 11.5 Å². The van der Waals surface area contributed by atoms with Crippen molar-refractivity contribution in [1.29, 1.82) is 0 Å². The zero-order valence-electron chi connectivity index (χ0n) is 10.4. The lowest BCUT2D eigenvalue weighted by Crippen LogP contribution is -2.15. The van der Waals surface area contributed by atoms with Crippen LogP contribution >= 0.6 is 0 Å². The van der Waals surface area contributed by atoms with Gasteiger partial charge in [-0.25, -0.2) is 4.98 Å². The molecule has 2 aromatic heterocycles. The highest BCUT2D eigenvalue weighted by Gasteiger charge is 2.16. The molecular formula is C14H12N2O3. The number of furan rings is 1. The molecule has 0 aliphatic carbocycles. The van der Waals surface area contributed by atoms with Crippen LogP contribution in [0.25, 0.3) is 22.4 Å². The molecule has 1 aliphatic rings. The first-order chi connectivity index (χ1) is 9.31. The number of nitrogens with one attached hydrogen (secondary N) is 1. The van der Waals surface area contributed by atoms with E-state index in [1.165, 1.54) is 0 Å². The molecule has 96 valence electrons. The molecule has 0 atom stereocenters. The predicted octanol–water partition coefficient (Wildman–Crippen LogP) is 2.90. The summed E-state index contributed by atoms with van der Waals surface area (Å²) in [5, 5.41) is 0. The Morgan fingerprint density at radius 2 is 1.95 bits per heavy atom. The molecule has 0 radical (unpaired) electrons. The van der Waals surface area contributed by atoms with Crippen LogP contribution in [0.4, 0.5) is 0 Å². The molecule has 19 heavy (non-hydrogen) atoms. The van der Waals surface area contributed by atoms with Crippen LogP contribution in [0.3, 0.4) is 0 Å². The predicted molar refractivity (Wildman–Crippen MR) is 69.5 cm³/mol. The Morgan fingerprint density at radius 1 is 1.16 bits per heavy atom. The van der Waals surface area contributed by atoms with Gasteiger partial charge in [0.1, 0.15) is 24.8 Å². The van der Waals surface area contributed by atoms with E-state index in [9.17, 15) is 0 Å². The minimum Gasteiger partial charge on any atom is -0.486 e. The molecule has 0 saturated carbocycles. The smallest absolute Gasteiger partial charge is 0.163 e. The first kappa shape index (κ1) is 10.5. The molecule has 1 N–H and O–H groups in total. The lowest BCUT2D eigenvalue weighted by molar-refractivity contribution is 0.172. The van der Waals surface area contributed by atoms with Gasteiger partial charge in [0.05, 0.1) is 22.9 Å². The van der Waals surface area contributed by atoms with Gasteiger partial charge in [0.25, 0.3) is 0 Å². The lowest BCUT2D eigenvalue weighted by atomic mass is 10.2. The average molecular weight is 256 g/mol. The summed E-state index contributed by atoms with van der Waals surface area (Å²) in [6, 6.07) is 5.73. The summed E-state index contributed by atoms with van der Waals surface area (Å²) >= 11 is 0. The van der Waals surface area contributed by atoms with E-state index in [0.717, 1.165) is 39.7 Å². The minimum absolute atomic E-state index is 0.580. The number of H-pyrrole nitrogens is 1. The van der Waals surface area contributed by atoms with Gasteiger partial charge in [-0.1, -0.05) is 0 Å². The molecule has 0 saturated heterocycles. The number of fused-ring (bicyclic) bond motifs is 2. The van der Waals surface area contributed by atoms with E-state index in [-0.39, 0.29) is 0 Å². The monoisotopic (exact) mass is 256 g/mol. The quantitative estimate of drug-likeness (QED) is 0.727. The maximum atomic E-state index is 5.56. The molecule has 0 amide bonds. The highest BCUT2D eigenvalue weighted by atomic mass is 16.6. The topological polar surface area (TPSA) is 60.3 Å². The van der Waals surface area contributed by atoms with Crippen molar-refractivity contribution in [2.45, 2.75) is 6.92 Å². The molecule has 5 heteroatoms. The Labute approximate surface area is 109 Å². The van der Waals surface area contributed by atoms with Crippen molar-refractivity contribution >= 4 is 11.0 Å². The fourth-order valence-corrected chi connectivity index (χ4v) is 2.30. The van der Waals surface area contributed by atoms with E-state index in [1.807, 2.05) is 25.1 Å². The minimum atomic E-state index is 0.580. The number of rotatable bonds is 1. The molecule has 4 rings (SSSR count). The number of hydrogen-bond acceptors (Lipinski definition) is 4. The van der Waals surface area contributed by atoms with E-state index in [1.54, 1.807) is 6.26 Å². The SMILES string of the molecule is Cc1occc1-c1nc2cc3c(cc2[nH]1)OCCO3. The number of aryl methyl sites for hydroxylation is 1. The number of benzene rings is 1. The molecule has 1 aliphatic heterocycles. The molecular weight excluding hydrogens is 244 g/mol. The standard InChI is InChI=1S/C14H12N2O3/c1-8-9(2-3-17-8)14-15-10-6-12-13(7-11(10)16-14)19-5-4-18-12/h2-3,6-7H,4-5H2,1H3,(H,15,16). The van der Waals surface area contributed by atoms with Crippen LogP contribution in [-0.2, 0) is 0 Å². The van der Waals surface area contributed by atoms with Gasteiger partial charge in [-0.2, -0.15) is 0 Å². The lowest BCUT2D eigenvalue weighted by Gasteiger charge is -2.17. The van der Waals surface area contributed by atoms with E-state index in [0.29, 0.717) is 13.2 Å². The van der Waals surface area contributed by atoms with Gasteiger partial charge < -0.3 is 18.9 Å². The zero-order chi connectivity index (χ0) is 12.8. The molecule has 3 aromatic rings. The number of imidazole rings is 1. The van der Waals surface area contributed by atoms with Crippen LogP contribution in [0, 0.1) is 6.92 Å². The van der Waals surface area contributed by atoms with Crippen LogP contribution in [0.1, 0.15) is 5.76 Å². The number of hydrogen-bond donors (Lipinski definition) is 1. The van der Waals surface area contributed by atoms with Crippen molar-refractivity contribution in [2.24, 2.45) is 0 Å². The average Bonchev–Trinajstić information content (AvgIpc) is 3.01. The van der Waals surface area contributed by atoms with Gasteiger partial charge in [-0.15, -0.1) is 0 Å². The van der Waals surface area contributed by atoms with Crippen LogP contribution < -0.4 is 9.47 Å². The highest BCUT2D eigenvalue weighted by molar-refractivity contribution is 5.83. The summed E-state index contributed by atoms with van der Waals surface area (Å²) in [6.07, 6.45) is 1.66. The van der Waals surface area contributed by atoms with Crippen molar-refractivity contribution in [2.75, 3.05) is 13.2 Å². The Bertz CT molecular complexity index is 714. The van der Waals surface area contributed by atoms with Crippen molar-refractivity contribution in [1.82, 2.24) is 9.97 Å². The zero-order valence-corrected chi connectivity index (χ0v) is 10.4. The second kappa shape index (κ2) is 3.78. The molecule has 0 bridgehead atoms. The second-order valence-electron chi connectivity index (χ2n) is 4.49. The van der Waals surface area contributed by atoms with Gasteiger partial charge >= 0.3 is 0 Å². The number of aromatic nitrogens is 2. The Hall–Kier alpha value is -2.43. The maximum Gasteiger partial charge on any atom is 0.163 e. The summed E-state index contributed by atoms with van der Waals surface area (Å²) in [5.74, 6) is 3.15. The normalized spacial score (nSPS) is 13.9. The third-order valence-corrected chi connectivity index (χ3v) is 3.26. The van der Waals surface area contributed by atoms with Crippen molar-refractivity contribution < 1.29 is 13.9 Å². The molecule has 0 unspecified atom stereocenters. The summed E-state index contributed by atoms with van der Waals surface area (Å²) in [4.78, 5) is 7.86. The maximum absolute atomic E-state index is 5.56. The molecule has 1 aromatic carbocycles.